The number of nitrogens with two attached hydrogens (primary N) is 1. The Hall–Kier alpha value is -0.420. The van der Waals surface area contributed by atoms with Gasteiger partial charge in [-0.05, 0) is 68.6 Å². The predicted octanol–water partition coefficient (Wildman–Crippen LogP) is 6.15. The monoisotopic (exact) mass is 422 g/mol. The summed E-state index contributed by atoms with van der Waals surface area (Å²) in [6.45, 7) is 1.95. The minimum Gasteiger partial charge on any atom is -0.398 e. The molecule has 0 spiro atoms. The van der Waals surface area contributed by atoms with E-state index in [0.29, 0.717) is 10.0 Å². The van der Waals surface area contributed by atoms with Gasteiger partial charge in [0.05, 0.1) is 21.4 Å². The number of aryl methyl sites for hydroxylation is 1. The molecule has 0 saturated carbocycles. The molecular weight excluding hydrogens is 415 g/mol. The summed E-state index contributed by atoms with van der Waals surface area (Å²) in [6.07, 6.45) is 0. The van der Waals surface area contributed by atoms with Crippen LogP contribution in [-0.4, -0.2) is 0 Å². The molecular formula is C13H10Br2Cl2N2. The van der Waals surface area contributed by atoms with Gasteiger partial charge in [-0.25, -0.2) is 0 Å². The molecule has 0 aliphatic carbocycles. The number of nitrogens with one attached hydrogen (secondary N) is 1. The number of benzene rings is 2. The van der Waals surface area contributed by atoms with E-state index in [9.17, 15) is 0 Å². The summed E-state index contributed by atoms with van der Waals surface area (Å²) in [4.78, 5) is 0. The van der Waals surface area contributed by atoms with Gasteiger partial charge in [0.25, 0.3) is 0 Å². The fourth-order valence-electron chi connectivity index (χ4n) is 1.56. The van der Waals surface area contributed by atoms with Gasteiger partial charge in [0.2, 0.25) is 0 Å². The van der Waals surface area contributed by atoms with E-state index in [1.807, 2.05) is 31.2 Å². The fraction of sp³-hybridized carbons (Fsp3) is 0.0769. The maximum Gasteiger partial charge on any atom is 0.0838 e. The van der Waals surface area contributed by atoms with Crippen LogP contribution < -0.4 is 11.1 Å². The molecule has 0 heterocycles. The second kappa shape index (κ2) is 5.92. The van der Waals surface area contributed by atoms with Crippen molar-refractivity contribution in [2.75, 3.05) is 11.1 Å². The van der Waals surface area contributed by atoms with Gasteiger partial charge in [-0.2, -0.15) is 0 Å². The Morgan fingerprint density at radius 1 is 1.00 bits per heavy atom. The lowest BCUT2D eigenvalue weighted by molar-refractivity contribution is 1.43. The van der Waals surface area contributed by atoms with Gasteiger partial charge in [0.15, 0.2) is 0 Å². The highest BCUT2D eigenvalue weighted by Crippen LogP contribution is 2.38. The third-order valence-corrected chi connectivity index (χ3v) is 5.09. The molecule has 2 aromatic rings. The van der Waals surface area contributed by atoms with Crippen LogP contribution in [0, 0.1) is 6.92 Å². The molecule has 19 heavy (non-hydrogen) atoms. The van der Waals surface area contributed by atoms with E-state index in [1.54, 1.807) is 0 Å². The zero-order valence-electron chi connectivity index (χ0n) is 9.90. The van der Waals surface area contributed by atoms with Gasteiger partial charge in [0.1, 0.15) is 0 Å². The van der Waals surface area contributed by atoms with Crippen LogP contribution >= 0.6 is 55.1 Å². The van der Waals surface area contributed by atoms with Gasteiger partial charge >= 0.3 is 0 Å². The molecule has 2 aromatic carbocycles. The average Bonchev–Trinajstić information content (AvgIpc) is 2.36. The normalized spacial score (nSPS) is 10.6. The quantitative estimate of drug-likeness (QED) is 0.448. The van der Waals surface area contributed by atoms with Gasteiger partial charge in [0, 0.05) is 14.6 Å². The molecule has 100 valence electrons. The molecule has 0 amide bonds. The van der Waals surface area contributed by atoms with Crippen LogP contribution in [0.4, 0.5) is 17.1 Å². The SMILES string of the molecule is Cc1cc(Nc2ccc(Br)c(Cl)c2Cl)c(Br)cc1N. The Morgan fingerprint density at radius 3 is 2.37 bits per heavy atom. The first-order valence-corrected chi connectivity index (χ1v) is 7.70. The van der Waals surface area contributed by atoms with Crippen molar-refractivity contribution in [2.45, 2.75) is 6.92 Å². The Balaban J connectivity index is 2.42. The average molecular weight is 425 g/mol. The van der Waals surface area contributed by atoms with Gasteiger partial charge < -0.3 is 11.1 Å². The second-order valence-electron chi connectivity index (χ2n) is 4.04. The highest BCUT2D eigenvalue weighted by Gasteiger charge is 2.10. The van der Waals surface area contributed by atoms with Crippen LogP contribution in [0.25, 0.3) is 0 Å². The summed E-state index contributed by atoms with van der Waals surface area (Å²) in [5.41, 5.74) is 9.19. The number of anilines is 3. The van der Waals surface area contributed by atoms with E-state index in [-0.39, 0.29) is 0 Å². The predicted molar refractivity (Wildman–Crippen MR) is 90.7 cm³/mol. The summed E-state index contributed by atoms with van der Waals surface area (Å²) in [5, 5.41) is 4.19. The van der Waals surface area contributed by atoms with Crippen LogP contribution in [-0.2, 0) is 0 Å². The number of hydrogen-bond acceptors (Lipinski definition) is 2. The van der Waals surface area contributed by atoms with Crippen LogP contribution in [0.3, 0.4) is 0 Å². The van der Waals surface area contributed by atoms with E-state index in [2.05, 4.69) is 37.2 Å². The molecule has 0 fully saturated rings. The van der Waals surface area contributed by atoms with Crippen LogP contribution in [0.1, 0.15) is 5.56 Å². The summed E-state index contributed by atoms with van der Waals surface area (Å²) in [6, 6.07) is 7.50. The number of rotatable bonds is 2. The van der Waals surface area contributed by atoms with Crippen molar-refractivity contribution in [1.82, 2.24) is 0 Å². The third-order valence-electron chi connectivity index (χ3n) is 2.66. The molecule has 6 heteroatoms. The van der Waals surface area contributed by atoms with E-state index in [4.69, 9.17) is 28.9 Å². The largest absolute Gasteiger partial charge is 0.398 e. The zero-order chi connectivity index (χ0) is 14.2. The molecule has 0 atom stereocenters. The van der Waals surface area contributed by atoms with Crippen molar-refractivity contribution in [3.05, 3.63) is 48.8 Å². The minimum absolute atomic E-state index is 0.470. The minimum atomic E-state index is 0.470. The molecule has 0 unspecified atom stereocenters. The van der Waals surface area contributed by atoms with Crippen molar-refractivity contribution >= 4 is 72.1 Å². The molecule has 0 radical (unpaired) electrons. The van der Waals surface area contributed by atoms with Crippen molar-refractivity contribution in [3.63, 3.8) is 0 Å². The van der Waals surface area contributed by atoms with Crippen molar-refractivity contribution < 1.29 is 0 Å². The van der Waals surface area contributed by atoms with E-state index >= 15 is 0 Å². The van der Waals surface area contributed by atoms with Crippen molar-refractivity contribution in [1.29, 1.82) is 0 Å². The first-order valence-electron chi connectivity index (χ1n) is 5.36. The number of hydrogen-bond donors (Lipinski definition) is 2. The van der Waals surface area contributed by atoms with Crippen molar-refractivity contribution in [3.8, 4) is 0 Å². The van der Waals surface area contributed by atoms with E-state index in [0.717, 1.165) is 31.6 Å². The summed E-state index contributed by atoms with van der Waals surface area (Å²) in [7, 11) is 0. The second-order valence-corrected chi connectivity index (χ2v) is 6.50. The van der Waals surface area contributed by atoms with Gasteiger partial charge in [-0.1, -0.05) is 23.2 Å². The highest BCUT2D eigenvalue weighted by molar-refractivity contribution is 9.11. The molecule has 0 aromatic heterocycles. The Bertz CT molecular complexity index is 645. The maximum absolute atomic E-state index is 6.21. The number of halogens is 4. The lowest BCUT2D eigenvalue weighted by Crippen LogP contribution is -1.96. The maximum atomic E-state index is 6.21. The molecule has 0 saturated heterocycles. The molecule has 2 rings (SSSR count). The van der Waals surface area contributed by atoms with Crippen molar-refractivity contribution in [2.24, 2.45) is 0 Å². The summed E-state index contributed by atoms with van der Waals surface area (Å²) >= 11 is 19.1. The van der Waals surface area contributed by atoms with Crippen LogP contribution in [0.5, 0.6) is 0 Å². The molecule has 0 aliphatic heterocycles. The molecule has 0 bridgehead atoms. The topological polar surface area (TPSA) is 38.0 Å². The van der Waals surface area contributed by atoms with Crippen LogP contribution in [0.2, 0.25) is 10.0 Å². The van der Waals surface area contributed by atoms with Gasteiger partial charge in [-0.15, -0.1) is 0 Å². The lowest BCUT2D eigenvalue weighted by Gasteiger charge is -2.13. The standard InChI is InChI=1S/C13H10Br2Cl2N2/c1-6-4-11(8(15)5-9(6)18)19-10-3-2-7(14)12(16)13(10)17/h2-5,19H,18H2,1H3. The van der Waals surface area contributed by atoms with Gasteiger partial charge in [-0.3, -0.25) is 0 Å². The summed E-state index contributed by atoms with van der Waals surface area (Å²) in [5.74, 6) is 0. The Morgan fingerprint density at radius 2 is 1.68 bits per heavy atom. The van der Waals surface area contributed by atoms with E-state index in [1.165, 1.54) is 0 Å². The summed E-state index contributed by atoms with van der Waals surface area (Å²) < 4.78 is 1.63. The zero-order valence-corrected chi connectivity index (χ0v) is 14.6. The lowest BCUT2D eigenvalue weighted by atomic mass is 10.2. The first kappa shape index (κ1) is 15.0. The Labute approximate surface area is 138 Å². The highest BCUT2D eigenvalue weighted by atomic mass is 79.9. The molecule has 2 nitrogen and oxygen atoms in total. The molecule has 3 N–H and O–H groups in total. The molecule has 0 aliphatic rings. The first-order chi connectivity index (χ1) is 8.90. The fourth-order valence-corrected chi connectivity index (χ4v) is 2.84. The van der Waals surface area contributed by atoms with Crippen LogP contribution in [0.15, 0.2) is 33.2 Å². The third kappa shape index (κ3) is 3.19. The Kier molecular flexibility index (Phi) is 4.66. The van der Waals surface area contributed by atoms with E-state index < -0.39 is 0 Å². The number of nitrogen functional groups attached to an aromatic ring is 1. The smallest absolute Gasteiger partial charge is 0.0838 e.